The minimum absolute atomic E-state index is 0.322. The van der Waals surface area contributed by atoms with Gasteiger partial charge in [-0.2, -0.15) is 0 Å². The lowest BCUT2D eigenvalue weighted by molar-refractivity contribution is -0.120. The quantitative estimate of drug-likeness (QED) is 0.593. The molecule has 1 aromatic carbocycles. The number of nitrogens with zero attached hydrogens (tertiary/aromatic N) is 3. The summed E-state index contributed by atoms with van der Waals surface area (Å²) in [4.78, 5) is 18.2. The number of hydrogen-bond acceptors (Lipinski definition) is 4. The average Bonchev–Trinajstić information content (AvgIpc) is 2.78. The highest BCUT2D eigenvalue weighted by Gasteiger charge is 2.48. The molecule has 0 N–H and O–H groups in total. The van der Waals surface area contributed by atoms with Gasteiger partial charge < -0.3 is 14.5 Å². The molecule has 1 spiro atoms. The van der Waals surface area contributed by atoms with Crippen LogP contribution in [0.2, 0.25) is 0 Å². The van der Waals surface area contributed by atoms with E-state index in [1.54, 1.807) is 20.8 Å². The Kier molecular flexibility index (Phi) is 7.53. The van der Waals surface area contributed by atoms with Crippen LogP contribution in [-0.4, -0.2) is 78.1 Å². The van der Waals surface area contributed by atoms with E-state index in [-0.39, 0.29) is 0 Å². The largest absolute Gasteiger partial charge is 0.444 e. The van der Waals surface area contributed by atoms with Crippen LogP contribution in [0.5, 0.6) is 0 Å². The second-order valence-corrected chi connectivity index (χ2v) is 11.7. The molecule has 0 radical (unpaired) electrons. The Bertz CT molecular complexity index is 809. The van der Waals surface area contributed by atoms with Crippen LogP contribution in [0.25, 0.3) is 0 Å². The molecule has 3 saturated heterocycles. The van der Waals surface area contributed by atoms with Crippen molar-refractivity contribution in [1.29, 1.82) is 0 Å². The van der Waals surface area contributed by atoms with Crippen LogP contribution in [0, 0.1) is 11.3 Å². The molecule has 1 amide bonds. The molecule has 3 aliphatic rings. The van der Waals surface area contributed by atoms with Gasteiger partial charge in [-0.25, -0.2) is 13.6 Å². The lowest BCUT2D eigenvalue weighted by Gasteiger charge is -2.48. The third-order valence-corrected chi connectivity index (χ3v) is 7.96. The average molecular weight is 478 g/mol. The van der Waals surface area contributed by atoms with Gasteiger partial charge in [0.15, 0.2) is 0 Å². The van der Waals surface area contributed by atoms with Gasteiger partial charge in [0.2, 0.25) is 0 Å². The first-order valence-corrected chi connectivity index (χ1v) is 12.9. The first kappa shape index (κ1) is 25.4. The van der Waals surface area contributed by atoms with E-state index in [1.807, 2.05) is 0 Å². The minimum atomic E-state index is -2.88. The summed E-state index contributed by atoms with van der Waals surface area (Å²) in [6, 6.07) is 10.6. The van der Waals surface area contributed by atoms with Crippen molar-refractivity contribution in [2.24, 2.45) is 11.3 Å². The van der Waals surface area contributed by atoms with E-state index in [0.29, 0.717) is 24.9 Å². The van der Waals surface area contributed by atoms with Gasteiger partial charge >= 0.3 is 6.09 Å². The highest BCUT2D eigenvalue weighted by atomic mass is 19.3. The van der Waals surface area contributed by atoms with Gasteiger partial charge in [0.25, 0.3) is 5.92 Å². The zero-order valence-electron chi connectivity index (χ0n) is 21.1. The monoisotopic (exact) mass is 477 g/mol. The van der Waals surface area contributed by atoms with Crippen molar-refractivity contribution in [3.8, 4) is 0 Å². The van der Waals surface area contributed by atoms with Crippen molar-refractivity contribution in [1.82, 2.24) is 14.7 Å². The fraction of sp³-hybridized carbons (Fsp3) is 0.741. The Morgan fingerprint density at radius 3 is 2.12 bits per heavy atom. The van der Waals surface area contributed by atoms with Crippen molar-refractivity contribution < 1.29 is 18.3 Å². The van der Waals surface area contributed by atoms with E-state index < -0.39 is 30.1 Å². The predicted molar refractivity (Wildman–Crippen MR) is 130 cm³/mol. The third kappa shape index (κ3) is 6.48. The summed E-state index contributed by atoms with van der Waals surface area (Å²) in [5.41, 5.74) is 1.07. The van der Waals surface area contributed by atoms with Crippen LogP contribution in [0.15, 0.2) is 30.3 Å². The number of halogens is 2. The van der Waals surface area contributed by atoms with Crippen LogP contribution < -0.4 is 0 Å². The number of ether oxygens (including phenoxy) is 1. The number of carbonyl (C=O) groups excluding carboxylic acids is 1. The smallest absolute Gasteiger partial charge is 0.410 e. The van der Waals surface area contributed by atoms with Gasteiger partial charge in [-0.05, 0) is 90.0 Å². The summed E-state index contributed by atoms with van der Waals surface area (Å²) in [6.45, 7) is 10.6. The lowest BCUT2D eigenvalue weighted by Crippen LogP contribution is -2.55. The molecule has 3 heterocycles. The maximum absolute atomic E-state index is 15.0. The number of alkyl halides is 2. The zero-order chi connectivity index (χ0) is 24.4. The first-order chi connectivity index (χ1) is 16.0. The zero-order valence-corrected chi connectivity index (χ0v) is 21.1. The third-order valence-electron chi connectivity index (χ3n) is 7.96. The molecule has 0 unspecified atom stereocenters. The van der Waals surface area contributed by atoms with Gasteiger partial charge in [-0.1, -0.05) is 30.3 Å². The molecule has 5 nitrogen and oxygen atoms in total. The lowest BCUT2D eigenvalue weighted by atomic mass is 9.71. The molecule has 190 valence electrons. The van der Waals surface area contributed by atoms with Crippen LogP contribution in [0.1, 0.15) is 58.4 Å². The molecule has 3 fully saturated rings. The van der Waals surface area contributed by atoms with Crippen molar-refractivity contribution in [2.75, 3.05) is 45.8 Å². The number of rotatable bonds is 4. The molecular formula is C27H41F2N3O2. The minimum Gasteiger partial charge on any atom is -0.444 e. The van der Waals surface area contributed by atoms with E-state index in [9.17, 15) is 13.6 Å². The number of likely N-dealkylation sites (tertiary alicyclic amines) is 3. The first-order valence-electron chi connectivity index (χ1n) is 12.9. The Morgan fingerprint density at radius 1 is 0.971 bits per heavy atom. The van der Waals surface area contributed by atoms with E-state index in [2.05, 4.69) is 40.1 Å². The molecule has 34 heavy (non-hydrogen) atoms. The number of carbonyl (C=O) groups is 1. The highest BCUT2D eigenvalue weighted by Crippen LogP contribution is 2.42. The Morgan fingerprint density at radius 2 is 1.56 bits per heavy atom. The van der Waals surface area contributed by atoms with Crippen LogP contribution in [0.4, 0.5) is 13.6 Å². The summed E-state index contributed by atoms with van der Waals surface area (Å²) in [5, 5.41) is 0. The second kappa shape index (κ2) is 10.1. The van der Waals surface area contributed by atoms with Crippen molar-refractivity contribution >= 4 is 6.09 Å². The van der Waals surface area contributed by atoms with Gasteiger partial charge in [-0.15, -0.1) is 0 Å². The normalized spacial score (nSPS) is 25.9. The number of hydrogen-bond donors (Lipinski definition) is 0. The second-order valence-electron chi connectivity index (χ2n) is 11.7. The molecule has 3 aliphatic heterocycles. The van der Waals surface area contributed by atoms with Crippen molar-refractivity contribution in [3.05, 3.63) is 35.9 Å². The molecular weight excluding hydrogens is 436 g/mol. The summed E-state index contributed by atoms with van der Waals surface area (Å²) >= 11 is 0. The maximum atomic E-state index is 15.0. The number of benzene rings is 1. The topological polar surface area (TPSA) is 36.0 Å². The molecule has 7 heteroatoms. The van der Waals surface area contributed by atoms with E-state index in [4.69, 9.17) is 4.74 Å². The molecule has 1 aromatic rings. The van der Waals surface area contributed by atoms with E-state index >= 15 is 0 Å². The fourth-order valence-corrected chi connectivity index (χ4v) is 5.74. The molecule has 0 aromatic heterocycles. The molecule has 0 aliphatic carbocycles. The highest BCUT2D eigenvalue weighted by molar-refractivity contribution is 5.68. The molecule has 0 saturated carbocycles. The molecule has 4 rings (SSSR count). The summed E-state index contributed by atoms with van der Waals surface area (Å²) < 4.78 is 35.2. The summed E-state index contributed by atoms with van der Waals surface area (Å²) in [7, 11) is 0. The fourth-order valence-electron chi connectivity index (χ4n) is 5.74. The maximum Gasteiger partial charge on any atom is 0.410 e. The van der Waals surface area contributed by atoms with Gasteiger partial charge in [0, 0.05) is 25.6 Å². The van der Waals surface area contributed by atoms with Gasteiger partial charge in [-0.3, -0.25) is 4.90 Å². The molecule has 0 bridgehead atoms. The predicted octanol–water partition coefficient (Wildman–Crippen LogP) is 5.26. The van der Waals surface area contributed by atoms with E-state index in [1.165, 1.54) is 23.3 Å². The van der Waals surface area contributed by atoms with Crippen LogP contribution in [-0.2, 0) is 11.3 Å². The van der Waals surface area contributed by atoms with Crippen molar-refractivity contribution in [2.45, 2.75) is 70.9 Å². The summed E-state index contributed by atoms with van der Waals surface area (Å²) in [6.07, 6.45) is 4.31. The Hall–Kier alpha value is -1.73. The van der Waals surface area contributed by atoms with Gasteiger partial charge in [0.1, 0.15) is 5.60 Å². The SMILES string of the molecule is CC(C)(C)OC(=O)N1CC[C@@H](CN2CCC3(CCN(Cc4ccccc4)CC3)CC2)C(F)(F)C1. The van der Waals surface area contributed by atoms with Gasteiger partial charge in [0.05, 0.1) is 6.54 Å². The van der Waals surface area contributed by atoms with Crippen LogP contribution >= 0.6 is 0 Å². The summed E-state index contributed by atoms with van der Waals surface area (Å²) in [5.74, 6) is -3.58. The van der Waals surface area contributed by atoms with E-state index in [0.717, 1.165) is 45.6 Å². The standard InChI is InChI=1S/C27H41F2N3O2/c1-25(2,3)34-24(33)32-14-9-23(27(28,29)21-32)20-31-17-12-26(13-18-31)10-15-30(16-11-26)19-22-7-5-4-6-8-22/h4-8,23H,9-21H2,1-3H3/t23-/m0/s1. The number of piperidine rings is 3. The number of amides is 1. The van der Waals surface area contributed by atoms with Crippen molar-refractivity contribution in [3.63, 3.8) is 0 Å². The Labute approximate surface area is 203 Å². The Balaban J connectivity index is 1.22. The molecule has 1 atom stereocenters. The van der Waals surface area contributed by atoms with Crippen LogP contribution in [0.3, 0.4) is 0 Å².